The smallest absolute Gasteiger partial charge is 0.273 e. The molecule has 2 saturated carbocycles. The summed E-state index contributed by atoms with van der Waals surface area (Å²) >= 11 is 0. The zero-order chi connectivity index (χ0) is 18.8. The zero-order valence-electron chi connectivity index (χ0n) is 16.3. The molecule has 27 heavy (non-hydrogen) atoms. The number of carbonyl (C=O) groups is 2. The molecule has 3 aliphatic rings. The molecule has 2 amide bonds. The van der Waals surface area contributed by atoms with E-state index in [1.807, 2.05) is 4.90 Å². The first-order valence-corrected chi connectivity index (χ1v) is 10.7. The minimum Gasteiger partial charge on any atom is -0.360 e. The van der Waals surface area contributed by atoms with Gasteiger partial charge in [0.15, 0.2) is 5.69 Å². The lowest BCUT2D eigenvalue weighted by Gasteiger charge is -2.38. The third-order valence-corrected chi connectivity index (χ3v) is 6.46. The second-order valence-electron chi connectivity index (χ2n) is 8.73. The largest absolute Gasteiger partial charge is 0.360 e. The Morgan fingerprint density at radius 2 is 1.96 bits per heavy atom. The molecule has 2 aliphatic carbocycles. The number of hydrogen-bond donors (Lipinski definition) is 1. The first-order valence-electron chi connectivity index (χ1n) is 10.7. The summed E-state index contributed by atoms with van der Waals surface area (Å²) in [7, 11) is 0. The van der Waals surface area contributed by atoms with Gasteiger partial charge in [-0.25, -0.2) is 0 Å². The summed E-state index contributed by atoms with van der Waals surface area (Å²) in [6.45, 7) is 2.82. The minimum absolute atomic E-state index is 0.0901. The molecule has 6 heteroatoms. The fourth-order valence-electron chi connectivity index (χ4n) is 4.65. The van der Waals surface area contributed by atoms with E-state index in [4.69, 9.17) is 4.52 Å². The molecule has 3 fully saturated rings. The molecule has 0 aromatic carbocycles. The molecule has 1 aliphatic heterocycles. The molecule has 6 nitrogen and oxygen atoms in total. The highest BCUT2D eigenvalue weighted by Crippen LogP contribution is 2.40. The maximum Gasteiger partial charge on any atom is 0.273 e. The van der Waals surface area contributed by atoms with Crippen molar-refractivity contribution in [1.82, 2.24) is 15.4 Å². The third kappa shape index (κ3) is 4.53. The van der Waals surface area contributed by atoms with E-state index in [-0.39, 0.29) is 18.0 Å². The van der Waals surface area contributed by atoms with Gasteiger partial charge in [-0.05, 0) is 51.4 Å². The molecule has 0 spiro atoms. The molecule has 1 aromatic rings. The highest BCUT2D eigenvalue weighted by atomic mass is 16.5. The normalized spacial score (nSPS) is 26.8. The number of aromatic nitrogens is 1. The van der Waals surface area contributed by atoms with Crippen LogP contribution in [0.4, 0.5) is 0 Å². The van der Waals surface area contributed by atoms with Gasteiger partial charge in [-0.1, -0.05) is 24.4 Å². The van der Waals surface area contributed by atoms with Crippen LogP contribution >= 0.6 is 0 Å². The van der Waals surface area contributed by atoms with Crippen LogP contribution in [0.3, 0.4) is 0 Å². The number of hydrogen-bond acceptors (Lipinski definition) is 4. The molecule has 4 rings (SSSR count). The van der Waals surface area contributed by atoms with Crippen molar-refractivity contribution < 1.29 is 14.1 Å². The first kappa shape index (κ1) is 18.5. The summed E-state index contributed by atoms with van der Waals surface area (Å²) in [6, 6.07) is 2.03. The first-order chi connectivity index (χ1) is 13.1. The second-order valence-corrected chi connectivity index (χ2v) is 8.73. The molecular formula is C21H31N3O3. The summed E-state index contributed by atoms with van der Waals surface area (Å²) in [5.41, 5.74) is 0.375. The highest BCUT2D eigenvalue weighted by molar-refractivity contribution is 5.92. The Morgan fingerprint density at radius 1 is 1.19 bits per heavy atom. The molecule has 0 radical (unpaired) electrons. The molecular weight excluding hydrogens is 342 g/mol. The van der Waals surface area contributed by atoms with E-state index >= 15 is 0 Å². The predicted octanol–water partition coefficient (Wildman–Crippen LogP) is 3.63. The third-order valence-electron chi connectivity index (χ3n) is 6.46. The number of nitrogens with zero attached hydrogens (tertiary/aromatic N) is 2. The summed E-state index contributed by atoms with van der Waals surface area (Å²) < 4.78 is 5.28. The Hall–Kier alpha value is -1.85. The standard InChI is InChI=1S/C21H31N3O3/c1-14-11-17(22-21(26)18-13-19(27-23-18)16-7-8-16)9-10-24(14)20(25)12-15-5-3-2-4-6-15/h13-17H,2-12H2,1H3,(H,22,26)/t14-,17-/m0/s1. The Bertz CT molecular complexity index is 676. The monoisotopic (exact) mass is 373 g/mol. The Morgan fingerprint density at radius 3 is 2.67 bits per heavy atom. The quantitative estimate of drug-likeness (QED) is 0.855. The van der Waals surface area contributed by atoms with Crippen LogP contribution in [0.1, 0.15) is 93.3 Å². The van der Waals surface area contributed by atoms with E-state index in [9.17, 15) is 9.59 Å². The van der Waals surface area contributed by atoms with Gasteiger partial charge in [-0.2, -0.15) is 0 Å². The Balaban J connectivity index is 1.26. The van der Waals surface area contributed by atoms with Gasteiger partial charge in [-0.3, -0.25) is 9.59 Å². The lowest BCUT2D eigenvalue weighted by atomic mass is 9.86. The molecule has 1 aromatic heterocycles. The van der Waals surface area contributed by atoms with Crippen molar-refractivity contribution in [3.63, 3.8) is 0 Å². The number of rotatable bonds is 5. The van der Waals surface area contributed by atoms with Crippen molar-refractivity contribution in [1.29, 1.82) is 0 Å². The molecule has 0 unspecified atom stereocenters. The zero-order valence-corrected chi connectivity index (χ0v) is 16.3. The number of piperidine rings is 1. The van der Waals surface area contributed by atoms with Crippen LogP contribution in [0.5, 0.6) is 0 Å². The van der Waals surface area contributed by atoms with Crippen LogP contribution in [0, 0.1) is 5.92 Å². The highest BCUT2D eigenvalue weighted by Gasteiger charge is 2.32. The summed E-state index contributed by atoms with van der Waals surface area (Å²) in [4.78, 5) is 27.2. The summed E-state index contributed by atoms with van der Waals surface area (Å²) in [5, 5.41) is 7.00. The van der Waals surface area contributed by atoms with Crippen LogP contribution in [-0.4, -0.2) is 40.5 Å². The second kappa shape index (κ2) is 8.03. The fourth-order valence-corrected chi connectivity index (χ4v) is 4.65. The average molecular weight is 373 g/mol. The number of carbonyl (C=O) groups excluding carboxylic acids is 2. The van der Waals surface area contributed by atoms with E-state index in [0.29, 0.717) is 29.9 Å². The van der Waals surface area contributed by atoms with Gasteiger partial charge in [0.2, 0.25) is 5.91 Å². The topological polar surface area (TPSA) is 75.4 Å². The van der Waals surface area contributed by atoms with Crippen molar-refractivity contribution in [3.8, 4) is 0 Å². The minimum atomic E-state index is -0.162. The Kier molecular flexibility index (Phi) is 5.50. The van der Waals surface area contributed by atoms with Gasteiger partial charge in [0.25, 0.3) is 5.91 Å². The SMILES string of the molecule is C[C@H]1C[C@@H](NC(=O)c2cc(C3CC3)on2)CCN1C(=O)CC1CCCCC1. The molecule has 2 heterocycles. The molecule has 0 bridgehead atoms. The van der Waals surface area contributed by atoms with Crippen molar-refractivity contribution in [2.24, 2.45) is 5.92 Å². The maximum absolute atomic E-state index is 12.7. The molecule has 1 saturated heterocycles. The van der Waals surface area contributed by atoms with Crippen LogP contribution in [-0.2, 0) is 4.79 Å². The number of likely N-dealkylation sites (tertiary alicyclic amines) is 1. The summed E-state index contributed by atoms with van der Waals surface area (Å²) in [6.07, 6.45) is 10.8. The van der Waals surface area contributed by atoms with Crippen molar-refractivity contribution in [2.45, 2.75) is 89.1 Å². The van der Waals surface area contributed by atoms with E-state index < -0.39 is 0 Å². The van der Waals surface area contributed by atoms with E-state index in [2.05, 4.69) is 17.4 Å². The van der Waals surface area contributed by atoms with Crippen LogP contribution in [0.15, 0.2) is 10.6 Å². The van der Waals surface area contributed by atoms with Crippen molar-refractivity contribution in [2.75, 3.05) is 6.54 Å². The molecule has 148 valence electrons. The van der Waals surface area contributed by atoms with Gasteiger partial charge in [0.1, 0.15) is 5.76 Å². The van der Waals surface area contributed by atoms with Gasteiger partial charge in [0, 0.05) is 37.0 Å². The van der Waals surface area contributed by atoms with E-state index in [1.165, 1.54) is 32.1 Å². The van der Waals surface area contributed by atoms with Crippen LogP contribution in [0.2, 0.25) is 0 Å². The number of nitrogens with one attached hydrogen (secondary N) is 1. The van der Waals surface area contributed by atoms with Gasteiger partial charge < -0.3 is 14.7 Å². The van der Waals surface area contributed by atoms with Crippen LogP contribution < -0.4 is 5.32 Å². The Labute approximate surface area is 161 Å². The molecule has 2 atom stereocenters. The lowest BCUT2D eigenvalue weighted by Crippen LogP contribution is -2.51. The van der Waals surface area contributed by atoms with E-state index in [0.717, 1.165) is 38.0 Å². The van der Waals surface area contributed by atoms with Crippen molar-refractivity contribution in [3.05, 3.63) is 17.5 Å². The number of amides is 2. The van der Waals surface area contributed by atoms with Crippen LogP contribution in [0.25, 0.3) is 0 Å². The predicted molar refractivity (Wildman–Crippen MR) is 101 cm³/mol. The summed E-state index contributed by atoms with van der Waals surface area (Å²) in [5.74, 6) is 1.99. The van der Waals surface area contributed by atoms with E-state index in [1.54, 1.807) is 6.07 Å². The van der Waals surface area contributed by atoms with Gasteiger partial charge in [0.05, 0.1) is 0 Å². The van der Waals surface area contributed by atoms with Crippen molar-refractivity contribution >= 4 is 11.8 Å². The van der Waals surface area contributed by atoms with Gasteiger partial charge in [-0.15, -0.1) is 0 Å². The molecule has 1 N–H and O–H groups in total. The average Bonchev–Trinajstić information content (AvgIpc) is 3.39. The maximum atomic E-state index is 12.7. The van der Waals surface area contributed by atoms with Gasteiger partial charge >= 0.3 is 0 Å². The lowest BCUT2D eigenvalue weighted by molar-refractivity contribution is -0.136. The fraction of sp³-hybridized carbons (Fsp3) is 0.762.